The zero-order valence-corrected chi connectivity index (χ0v) is 17.2. The van der Waals surface area contributed by atoms with E-state index in [1.807, 2.05) is 17.9 Å². The van der Waals surface area contributed by atoms with Crippen molar-refractivity contribution < 1.29 is 12.8 Å². The quantitative estimate of drug-likeness (QED) is 0.424. The van der Waals surface area contributed by atoms with Crippen molar-refractivity contribution >= 4 is 21.7 Å². The SMILES string of the molecule is CCN(CCCNC(=NC)N1CCN(c2ccccc2F)CC1)S(C)(=O)=O. The van der Waals surface area contributed by atoms with Gasteiger partial charge in [-0.2, -0.15) is 0 Å². The van der Waals surface area contributed by atoms with Gasteiger partial charge in [-0.05, 0) is 18.6 Å². The van der Waals surface area contributed by atoms with Gasteiger partial charge in [0.05, 0.1) is 11.9 Å². The first-order chi connectivity index (χ1) is 12.9. The maximum Gasteiger partial charge on any atom is 0.211 e. The molecule has 2 rings (SSSR count). The van der Waals surface area contributed by atoms with Gasteiger partial charge in [-0.15, -0.1) is 0 Å². The zero-order valence-electron chi connectivity index (χ0n) is 16.4. The van der Waals surface area contributed by atoms with Gasteiger partial charge in [-0.3, -0.25) is 4.99 Å². The van der Waals surface area contributed by atoms with Crippen LogP contribution in [0.1, 0.15) is 13.3 Å². The number of rotatable bonds is 7. The van der Waals surface area contributed by atoms with Crippen LogP contribution in [0, 0.1) is 5.82 Å². The Kier molecular flexibility index (Phi) is 7.85. The lowest BCUT2D eigenvalue weighted by Gasteiger charge is -2.37. The van der Waals surface area contributed by atoms with Crippen LogP contribution < -0.4 is 10.2 Å². The van der Waals surface area contributed by atoms with E-state index in [0.717, 1.165) is 32.1 Å². The Morgan fingerprint density at radius 2 is 1.93 bits per heavy atom. The van der Waals surface area contributed by atoms with Crippen molar-refractivity contribution in [1.29, 1.82) is 0 Å². The molecule has 1 aromatic carbocycles. The van der Waals surface area contributed by atoms with E-state index in [4.69, 9.17) is 0 Å². The molecule has 1 aromatic rings. The molecule has 0 spiro atoms. The largest absolute Gasteiger partial charge is 0.366 e. The first-order valence-electron chi connectivity index (χ1n) is 9.27. The number of nitrogens with zero attached hydrogens (tertiary/aromatic N) is 4. The first-order valence-corrected chi connectivity index (χ1v) is 11.1. The molecule has 0 bridgehead atoms. The normalized spacial score (nSPS) is 16.1. The summed E-state index contributed by atoms with van der Waals surface area (Å²) >= 11 is 0. The highest BCUT2D eigenvalue weighted by Gasteiger charge is 2.21. The van der Waals surface area contributed by atoms with Crippen molar-refractivity contribution in [2.75, 3.05) is 64.0 Å². The molecule has 1 aliphatic heterocycles. The number of hydrogen-bond acceptors (Lipinski definition) is 4. The van der Waals surface area contributed by atoms with Crippen LogP contribution >= 0.6 is 0 Å². The highest BCUT2D eigenvalue weighted by molar-refractivity contribution is 7.88. The average molecular weight is 400 g/mol. The maximum absolute atomic E-state index is 13.9. The van der Waals surface area contributed by atoms with Gasteiger partial charge in [0.15, 0.2) is 5.96 Å². The molecule has 0 radical (unpaired) electrons. The van der Waals surface area contributed by atoms with Gasteiger partial charge in [0.25, 0.3) is 0 Å². The Hall–Kier alpha value is -1.87. The van der Waals surface area contributed by atoms with Crippen LogP contribution in [0.3, 0.4) is 0 Å². The number of nitrogens with one attached hydrogen (secondary N) is 1. The number of halogens is 1. The highest BCUT2D eigenvalue weighted by Crippen LogP contribution is 2.20. The topological polar surface area (TPSA) is 68.2 Å². The number of piperazine rings is 1. The number of sulfonamides is 1. The predicted octanol–water partition coefficient (Wildman–Crippen LogP) is 1.19. The third-order valence-electron chi connectivity index (χ3n) is 4.67. The molecule has 0 amide bonds. The van der Waals surface area contributed by atoms with E-state index in [1.165, 1.54) is 16.6 Å². The molecule has 0 saturated carbocycles. The summed E-state index contributed by atoms with van der Waals surface area (Å²) in [6.07, 6.45) is 1.94. The van der Waals surface area contributed by atoms with Crippen LogP contribution in [-0.2, 0) is 10.0 Å². The van der Waals surface area contributed by atoms with Crippen LogP contribution in [-0.4, -0.2) is 82.7 Å². The summed E-state index contributed by atoms with van der Waals surface area (Å²) in [7, 11) is -1.41. The molecule has 9 heteroatoms. The summed E-state index contributed by atoms with van der Waals surface area (Å²) in [5.74, 6) is 0.602. The fourth-order valence-electron chi connectivity index (χ4n) is 3.21. The van der Waals surface area contributed by atoms with Gasteiger partial charge in [0.1, 0.15) is 5.82 Å². The molecule has 1 N–H and O–H groups in total. The Morgan fingerprint density at radius 1 is 1.26 bits per heavy atom. The van der Waals surface area contributed by atoms with Gasteiger partial charge >= 0.3 is 0 Å². The minimum absolute atomic E-state index is 0.195. The lowest BCUT2D eigenvalue weighted by molar-refractivity contribution is 0.368. The van der Waals surface area contributed by atoms with Crippen molar-refractivity contribution in [3.63, 3.8) is 0 Å². The third-order valence-corrected chi connectivity index (χ3v) is 6.05. The van der Waals surface area contributed by atoms with Crippen LogP contribution in [0.5, 0.6) is 0 Å². The number of benzene rings is 1. The maximum atomic E-state index is 13.9. The standard InChI is InChI=1S/C18H30FN5O2S/c1-4-24(27(3,25)26)11-7-10-21-18(20-2)23-14-12-22(13-15-23)17-9-6-5-8-16(17)19/h5-6,8-9H,4,7,10-15H2,1-3H3,(H,20,21). The van der Waals surface area contributed by atoms with Crippen LogP contribution in [0.4, 0.5) is 10.1 Å². The smallest absolute Gasteiger partial charge is 0.211 e. The van der Waals surface area contributed by atoms with Crippen LogP contribution in [0.2, 0.25) is 0 Å². The highest BCUT2D eigenvalue weighted by atomic mass is 32.2. The third kappa shape index (κ3) is 6.07. The molecule has 0 atom stereocenters. The van der Waals surface area contributed by atoms with Crippen LogP contribution in [0.15, 0.2) is 29.3 Å². The second-order valence-electron chi connectivity index (χ2n) is 6.51. The van der Waals surface area contributed by atoms with E-state index in [1.54, 1.807) is 19.2 Å². The molecule has 7 nitrogen and oxygen atoms in total. The fourth-order valence-corrected chi connectivity index (χ4v) is 4.14. The Bertz CT molecular complexity index is 733. The second kappa shape index (κ2) is 9.89. The van der Waals surface area contributed by atoms with E-state index in [9.17, 15) is 12.8 Å². The van der Waals surface area contributed by atoms with Crippen molar-refractivity contribution in [3.05, 3.63) is 30.1 Å². The first kappa shape index (κ1) is 21.4. The van der Waals surface area contributed by atoms with Crippen molar-refractivity contribution in [3.8, 4) is 0 Å². The molecule has 152 valence electrons. The molecule has 1 saturated heterocycles. The fraction of sp³-hybridized carbons (Fsp3) is 0.611. The van der Waals surface area contributed by atoms with Crippen molar-refractivity contribution in [1.82, 2.24) is 14.5 Å². The number of anilines is 1. The molecular formula is C18H30FN5O2S. The molecule has 1 heterocycles. The monoisotopic (exact) mass is 399 g/mol. The zero-order chi connectivity index (χ0) is 19.9. The van der Waals surface area contributed by atoms with E-state index >= 15 is 0 Å². The van der Waals surface area contributed by atoms with Gasteiger partial charge in [0, 0.05) is 52.9 Å². The molecular weight excluding hydrogens is 369 g/mol. The molecule has 0 unspecified atom stereocenters. The number of guanidine groups is 1. The number of hydrogen-bond donors (Lipinski definition) is 1. The van der Waals surface area contributed by atoms with Gasteiger partial charge in [0.2, 0.25) is 10.0 Å². The molecule has 1 fully saturated rings. The Balaban J connectivity index is 1.80. The summed E-state index contributed by atoms with van der Waals surface area (Å²) in [5.41, 5.74) is 0.639. The lowest BCUT2D eigenvalue weighted by atomic mass is 10.2. The average Bonchev–Trinajstić information content (AvgIpc) is 2.64. The summed E-state index contributed by atoms with van der Waals surface area (Å²) in [6.45, 7) is 6.39. The van der Waals surface area contributed by atoms with Gasteiger partial charge < -0.3 is 15.1 Å². The lowest BCUT2D eigenvalue weighted by Crippen LogP contribution is -2.53. The minimum Gasteiger partial charge on any atom is -0.366 e. The molecule has 27 heavy (non-hydrogen) atoms. The summed E-state index contributed by atoms with van der Waals surface area (Å²) < 4.78 is 38.6. The van der Waals surface area contributed by atoms with E-state index in [0.29, 0.717) is 31.7 Å². The van der Waals surface area contributed by atoms with Gasteiger partial charge in [-0.25, -0.2) is 17.1 Å². The van der Waals surface area contributed by atoms with E-state index < -0.39 is 10.0 Å². The Labute approximate surface area is 161 Å². The summed E-state index contributed by atoms with van der Waals surface area (Å²) in [6, 6.07) is 6.84. The Morgan fingerprint density at radius 3 is 2.48 bits per heavy atom. The summed E-state index contributed by atoms with van der Waals surface area (Å²) in [4.78, 5) is 8.51. The van der Waals surface area contributed by atoms with Crippen molar-refractivity contribution in [2.45, 2.75) is 13.3 Å². The number of para-hydroxylation sites is 1. The predicted molar refractivity (Wildman–Crippen MR) is 108 cm³/mol. The summed E-state index contributed by atoms with van der Waals surface area (Å²) in [5, 5.41) is 3.30. The second-order valence-corrected chi connectivity index (χ2v) is 8.49. The molecule has 0 aromatic heterocycles. The van der Waals surface area contributed by atoms with Crippen LogP contribution in [0.25, 0.3) is 0 Å². The van der Waals surface area contributed by atoms with Gasteiger partial charge in [-0.1, -0.05) is 19.1 Å². The minimum atomic E-state index is -3.15. The van der Waals surface area contributed by atoms with Crippen molar-refractivity contribution in [2.24, 2.45) is 4.99 Å². The van der Waals surface area contributed by atoms with E-state index in [-0.39, 0.29) is 5.82 Å². The van der Waals surface area contributed by atoms with E-state index in [2.05, 4.69) is 15.2 Å². The number of aliphatic imine (C=N–C) groups is 1. The molecule has 1 aliphatic rings. The molecule has 0 aliphatic carbocycles.